The van der Waals surface area contributed by atoms with E-state index in [1.807, 2.05) is 0 Å². The molecule has 2 atom stereocenters. The maximum Gasteiger partial charge on any atom is 0.500 e. The number of ether oxygens (including phenoxy) is 2. The van der Waals surface area contributed by atoms with Crippen molar-refractivity contribution in [3.05, 3.63) is 0 Å². The molecule has 350 valence electrons. The number of nitrogens with zero attached hydrogens (tertiary/aromatic N) is 1. The zero-order valence-electron chi connectivity index (χ0n) is 37.5. The quantitative estimate of drug-likeness (QED) is 0.0318. The summed E-state index contributed by atoms with van der Waals surface area (Å²) in [4.78, 5) is 2.07. The normalized spacial score (nSPS) is 12.0. The van der Waals surface area contributed by atoms with Crippen molar-refractivity contribution in [1.29, 1.82) is 0 Å². The van der Waals surface area contributed by atoms with E-state index < -0.39 is 38.6 Å². The van der Waals surface area contributed by atoms with E-state index >= 15 is 0 Å². The first-order valence-corrected chi connectivity index (χ1v) is 23.8. The van der Waals surface area contributed by atoms with Crippen molar-refractivity contribution in [2.45, 2.75) is 68.9 Å². The molecule has 0 rings (SSSR count). The van der Waals surface area contributed by atoms with Gasteiger partial charge in [0.2, 0.25) is 0 Å². The average Bonchev–Trinajstić information content (AvgIpc) is 3.28. The van der Waals surface area contributed by atoms with Gasteiger partial charge in [0.1, 0.15) is 0 Å². The van der Waals surface area contributed by atoms with Crippen molar-refractivity contribution in [1.82, 2.24) is 4.90 Å². The van der Waals surface area contributed by atoms with Crippen LogP contribution in [0, 0.1) is 0 Å². The minimum atomic E-state index is -2.64. The lowest BCUT2D eigenvalue weighted by Crippen LogP contribution is -2.43. The van der Waals surface area contributed by atoms with Gasteiger partial charge in [-0.15, -0.1) is 0 Å². The summed E-state index contributed by atoms with van der Waals surface area (Å²) in [6.07, 6.45) is 3.82. The summed E-state index contributed by atoms with van der Waals surface area (Å²) in [6.45, 7) is 2.75. The molecular formula is C33H87NO19Si3. The molecule has 0 fully saturated rings. The molecule has 0 aliphatic heterocycles. The van der Waals surface area contributed by atoms with Crippen LogP contribution in [0.25, 0.3) is 0 Å². The molecule has 0 spiro atoms. The smallest absolute Gasteiger partial charge is 0.400 e. The van der Waals surface area contributed by atoms with Crippen LogP contribution in [0.15, 0.2) is 0 Å². The van der Waals surface area contributed by atoms with Crippen LogP contribution in [0.2, 0.25) is 18.1 Å². The molecule has 56 heavy (non-hydrogen) atoms. The fraction of sp³-hybridized carbons (Fsp3) is 1.00. The number of aliphatic hydroxyl groups is 8. The van der Waals surface area contributed by atoms with Gasteiger partial charge in [0.05, 0.1) is 25.4 Å². The molecule has 0 aromatic carbocycles. The van der Waals surface area contributed by atoms with Gasteiger partial charge in [-0.1, -0.05) is 12.8 Å². The summed E-state index contributed by atoms with van der Waals surface area (Å²) < 4.78 is 60.6. The number of hydrogen-bond donors (Lipinski definition) is 8. The molecule has 0 radical (unpaired) electrons. The van der Waals surface area contributed by atoms with E-state index in [2.05, 4.69) is 4.90 Å². The zero-order chi connectivity index (χ0) is 45.3. The molecule has 0 heterocycles. The number of rotatable bonds is 32. The first-order chi connectivity index (χ1) is 27.1. The molecule has 0 saturated heterocycles. The largest absolute Gasteiger partial charge is 0.500 e. The van der Waals surface area contributed by atoms with E-state index in [0.717, 1.165) is 80.9 Å². The first-order valence-electron chi connectivity index (χ1n) is 18.0. The monoisotopic (exact) mass is 886 g/mol. The Kier molecular flexibility index (Phi) is 69.0. The van der Waals surface area contributed by atoms with Crippen LogP contribution in [0.3, 0.4) is 0 Å². The highest BCUT2D eigenvalue weighted by molar-refractivity contribution is 6.61. The Bertz CT molecular complexity index is 614. The van der Waals surface area contributed by atoms with Crippen LogP contribution in [-0.2, 0) is 49.3 Å². The summed E-state index contributed by atoms with van der Waals surface area (Å²) in [5.74, 6) is 0. The first kappa shape index (κ1) is 70.4. The molecular weight excluding hydrogens is 799 g/mol. The van der Waals surface area contributed by atoms with E-state index in [0.29, 0.717) is 51.2 Å². The highest BCUT2D eigenvalue weighted by Gasteiger charge is 2.38. The minimum absolute atomic E-state index is 0.187. The molecule has 0 aromatic rings. The van der Waals surface area contributed by atoms with Crippen molar-refractivity contribution >= 4 is 26.4 Å². The summed E-state index contributed by atoms with van der Waals surface area (Å²) in [5.41, 5.74) is 0. The van der Waals surface area contributed by atoms with E-state index in [1.165, 1.54) is 0 Å². The summed E-state index contributed by atoms with van der Waals surface area (Å²) in [6, 6.07) is 2.01. The number of aliphatic hydroxyl groups excluding tert-OH is 8. The third kappa shape index (κ3) is 38.1. The van der Waals surface area contributed by atoms with Gasteiger partial charge in [0.15, 0.2) is 0 Å². The lowest BCUT2D eigenvalue weighted by atomic mass is 10.2. The Morgan fingerprint density at radius 1 is 0.375 bits per heavy atom. The standard InChI is InChI=1S/C27H63NO13Si3.6CH4O/c1-31-42(32-2,33-3)19-13-11-10-12-16-28(22-26(29)24-40-17-14-20-43(34-4,35-5)36-6)23-27(30)25-41-18-15-21-44(37-7,38-8)39-9;6*1-2/h26-27,29-30H,10-25H2,1-9H3;6*2H,1H3. The molecule has 0 aliphatic carbocycles. The average molecular weight is 886 g/mol. The van der Waals surface area contributed by atoms with Gasteiger partial charge in [-0.2, -0.15) is 0 Å². The van der Waals surface area contributed by atoms with Gasteiger partial charge in [-0.3, -0.25) is 4.90 Å². The fourth-order valence-corrected chi connectivity index (χ4v) is 10.1. The lowest BCUT2D eigenvalue weighted by Gasteiger charge is -2.28. The molecule has 8 N–H and O–H groups in total. The lowest BCUT2D eigenvalue weighted by molar-refractivity contribution is -0.0110. The van der Waals surface area contributed by atoms with Gasteiger partial charge >= 0.3 is 26.4 Å². The molecule has 20 nitrogen and oxygen atoms in total. The Morgan fingerprint density at radius 2 is 0.625 bits per heavy atom. The number of unbranched alkanes of at least 4 members (excludes halogenated alkanes) is 3. The second-order valence-corrected chi connectivity index (χ2v) is 19.7. The van der Waals surface area contributed by atoms with E-state index in [9.17, 15) is 10.2 Å². The Labute approximate surface area is 342 Å². The molecule has 0 aromatic heterocycles. The molecule has 0 amide bonds. The van der Waals surface area contributed by atoms with Crippen LogP contribution in [0.1, 0.15) is 38.5 Å². The molecule has 0 saturated carbocycles. The highest BCUT2D eigenvalue weighted by atomic mass is 28.4. The zero-order valence-corrected chi connectivity index (χ0v) is 40.5. The second kappa shape index (κ2) is 54.9. The Morgan fingerprint density at radius 3 is 0.893 bits per heavy atom. The molecule has 2 unspecified atom stereocenters. The van der Waals surface area contributed by atoms with Crippen molar-refractivity contribution < 1.29 is 90.2 Å². The summed E-state index contributed by atoms with van der Waals surface area (Å²) in [7, 11) is 12.6. The maximum atomic E-state index is 10.7. The third-order valence-electron chi connectivity index (χ3n) is 7.61. The Hall–Kier alpha value is -0.149. The topological polar surface area (TPSA) is 267 Å². The van der Waals surface area contributed by atoms with Gasteiger partial charge in [0.25, 0.3) is 0 Å². The predicted octanol–water partition coefficient (Wildman–Crippen LogP) is -0.331. The Balaban J connectivity index is -0.000000362. The van der Waals surface area contributed by atoms with Crippen molar-refractivity contribution in [2.24, 2.45) is 0 Å². The van der Waals surface area contributed by atoms with Crippen LogP contribution in [0.4, 0.5) is 0 Å². The molecule has 0 bridgehead atoms. The molecule has 23 heteroatoms. The van der Waals surface area contributed by atoms with E-state index in [4.69, 9.17) is 79.9 Å². The fourth-order valence-electron chi connectivity index (χ4n) is 4.88. The molecule has 0 aliphatic rings. The van der Waals surface area contributed by atoms with Gasteiger partial charge in [-0.25, -0.2) is 0 Å². The second-order valence-electron chi connectivity index (χ2n) is 10.5. The van der Waals surface area contributed by atoms with Crippen LogP contribution >= 0.6 is 0 Å². The third-order valence-corrected chi connectivity index (χ3v) is 16.1. The van der Waals surface area contributed by atoms with Gasteiger partial charge < -0.3 is 90.2 Å². The maximum absolute atomic E-state index is 10.7. The van der Waals surface area contributed by atoms with Crippen LogP contribution in [-0.4, -0.2) is 237 Å². The highest BCUT2D eigenvalue weighted by Crippen LogP contribution is 2.18. The van der Waals surface area contributed by atoms with Crippen LogP contribution in [0.5, 0.6) is 0 Å². The van der Waals surface area contributed by atoms with Gasteiger partial charge in [-0.05, 0) is 32.2 Å². The van der Waals surface area contributed by atoms with E-state index in [-0.39, 0.29) is 13.2 Å². The van der Waals surface area contributed by atoms with Crippen molar-refractivity contribution in [2.75, 3.05) is 153 Å². The van der Waals surface area contributed by atoms with Crippen molar-refractivity contribution in [3.63, 3.8) is 0 Å². The predicted molar refractivity (Wildman–Crippen MR) is 221 cm³/mol. The number of hydrogen-bond acceptors (Lipinski definition) is 20. The minimum Gasteiger partial charge on any atom is -0.400 e. The summed E-state index contributed by atoms with van der Waals surface area (Å²) in [5, 5.41) is 63.4. The van der Waals surface area contributed by atoms with Gasteiger partial charge in [0, 0.05) is 151 Å². The van der Waals surface area contributed by atoms with Crippen LogP contribution < -0.4 is 0 Å². The van der Waals surface area contributed by atoms with E-state index in [1.54, 1.807) is 64.0 Å². The van der Waals surface area contributed by atoms with Crippen molar-refractivity contribution in [3.8, 4) is 0 Å². The summed E-state index contributed by atoms with van der Waals surface area (Å²) >= 11 is 0. The SMILES string of the molecule is CO.CO.CO.CO.CO.CO.CO[Si](CCCCCCN(CC(O)COCCC[Si](OC)(OC)OC)CC(O)COCCC[Si](OC)(OC)OC)(OC)OC.